The van der Waals surface area contributed by atoms with E-state index in [-0.39, 0.29) is 12.5 Å². The quantitative estimate of drug-likeness (QED) is 0.924. The van der Waals surface area contributed by atoms with Crippen LogP contribution in [0.3, 0.4) is 0 Å². The molecule has 1 rings (SSSR count). The summed E-state index contributed by atoms with van der Waals surface area (Å²) in [6.45, 7) is 5.15. The van der Waals surface area contributed by atoms with Crippen molar-refractivity contribution < 1.29 is 19.1 Å². The zero-order chi connectivity index (χ0) is 16.0. The lowest BCUT2D eigenvalue weighted by atomic mass is 10.2. The van der Waals surface area contributed by atoms with Crippen LogP contribution < -0.4 is 15.0 Å². The highest BCUT2D eigenvalue weighted by Gasteiger charge is 2.18. The van der Waals surface area contributed by atoms with Crippen molar-refractivity contribution in [3.8, 4) is 5.75 Å². The number of methoxy groups -OCH3 is 1. The summed E-state index contributed by atoms with van der Waals surface area (Å²) in [6, 6.07) is 7.11. The maximum atomic E-state index is 12.0. The van der Waals surface area contributed by atoms with Gasteiger partial charge in [0.15, 0.2) is 0 Å². The molecular formula is C15H22N2O4. The second-order valence-corrected chi connectivity index (χ2v) is 5.51. The number of carbonyl (C=O) groups excluding carboxylic acids is 2. The Hall–Kier alpha value is -2.24. The number of benzene rings is 1. The molecule has 0 aliphatic rings. The van der Waals surface area contributed by atoms with Crippen LogP contribution in [-0.2, 0) is 9.53 Å². The van der Waals surface area contributed by atoms with E-state index in [1.165, 1.54) is 4.90 Å². The minimum absolute atomic E-state index is 0.136. The van der Waals surface area contributed by atoms with Crippen molar-refractivity contribution in [2.45, 2.75) is 26.4 Å². The molecule has 1 aromatic carbocycles. The van der Waals surface area contributed by atoms with Gasteiger partial charge in [0.05, 0.1) is 7.11 Å². The van der Waals surface area contributed by atoms with E-state index in [2.05, 4.69) is 5.32 Å². The number of alkyl carbamates (subject to hydrolysis) is 1. The lowest BCUT2D eigenvalue weighted by Crippen LogP contribution is -2.40. The normalized spacial score (nSPS) is 10.7. The van der Waals surface area contributed by atoms with Gasteiger partial charge in [-0.1, -0.05) is 6.07 Å². The van der Waals surface area contributed by atoms with Crippen LogP contribution >= 0.6 is 0 Å². The summed E-state index contributed by atoms with van der Waals surface area (Å²) in [4.78, 5) is 25.0. The largest absolute Gasteiger partial charge is 0.497 e. The highest BCUT2D eigenvalue weighted by atomic mass is 16.6. The van der Waals surface area contributed by atoms with E-state index >= 15 is 0 Å². The molecule has 1 N–H and O–H groups in total. The summed E-state index contributed by atoms with van der Waals surface area (Å²) in [5.41, 5.74) is 0.0941. The number of rotatable bonds is 4. The first-order valence-electron chi connectivity index (χ1n) is 6.60. The molecule has 0 fully saturated rings. The molecule has 0 atom stereocenters. The SMILES string of the molecule is COc1cccc(N(C)C(=O)CNC(=O)OC(C)(C)C)c1. The predicted octanol–water partition coefficient (Wildman–Crippen LogP) is 2.18. The van der Waals surface area contributed by atoms with Crippen molar-refractivity contribution in [1.29, 1.82) is 0 Å². The standard InChI is InChI=1S/C15H22N2O4/c1-15(2,3)21-14(19)16-10-13(18)17(4)11-7-6-8-12(9-11)20-5/h6-9H,10H2,1-5H3,(H,16,19). The molecular weight excluding hydrogens is 272 g/mol. The molecule has 1 aromatic rings. The zero-order valence-electron chi connectivity index (χ0n) is 13.1. The van der Waals surface area contributed by atoms with Gasteiger partial charge in [0, 0.05) is 18.8 Å². The molecule has 6 heteroatoms. The van der Waals surface area contributed by atoms with Crippen molar-refractivity contribution in [3.63, 3.8) is 0 Å². The summed E-state index contributed by atoms with van der Waals surface area (Å²) in [7, 11) is 3.19. The maximum absolute atomic E-state index is 12.0. The van der Waals surface area contributed by atoms with Crippen molar-refractivity contribution in [1.82, 2.24) is 5.32 Å². The minimum atomic E-state index is -0.616. The second-order valence-electron chi connectivity index (χ2n) is 5.51. The van der Waals surface area contributed by atoms with Crippen LogP contribution in [0.1, 0.15) is 20.8 Å². The fraction of sp³-hybridized carbons (Fsp3) is 0.467. The molecule has 0 aliphatic carbocycles. The van der Waals surface area contributed by atoms with Crippen LogP contribution in [-0.4, -0.2) is 38.3 Å². The summed E-state index contributed by atoms with van der Waals surface area (Å²) >= 11 is 0. The molecule has 0 heterocycles. The topological polar surface area (TPSA) is 67.9 Å². The molecule has 0 spiro atoms. The Labute approximate surface area is 125 Å². The maximum Gasteiger partial charge on any atom is 0.408 e. The smallest absolute Gasteiger partial charge is 0.408 e. The Kier molecular flexibility index (Phi) is 5.58. The van der Waals surface area contributed by atoms with E-state index in [4.69, 9.17) is 9.47 Å². The molecule has 2 amide bonds. The molecule has 0 unspecified atom stereocenters. The number of likely N-dealkylation sites (N-methyl/N-ethyl adjacent to an activating group) is 1. The molecule has 0 aliphatic heterocycles. The monoisotopic (exact) mass is 294 g/mol. The van der Waals surface area contributed by atoms with Gasteiger partial charge in [-0.25, -0.2) is 4.79 Å². The summed E-state index contributed by atoms with van der Waals surface area (Å²) in [6.07, 6.45) is -0.616. The van der Waals surface area contributed by atoms with Gasteiger partial charge >= 0.3 is 6.09 Å². The highest BCUT2D eigenvalue weighted by Crippen LogP contribution is 2.19. The van der Waals surface area contributed by atoms with Gasteiger partial charge in [0.2, 0.25) is 5.91 Å². The number of ether oxygens (including phenoxy) is 2. The van der Waals surface area contributed by atoms with Crippen molar-refractivity contribution in [2.75, 3.05) is 25.6 Å². The van der Waals surface area contributed by atoms with Crippen LogP contribution in [0.25, 0.3) is 0 Å². The lowest BCUT2D eigenvalue weighted by molar-refractivity contribution is -0.117. The molecule has 21 heavy (non-hydrogen) atoms. The Morgan fingerprint density at radius 3 is 2.52 bits per heavy atom. The van der Waals surface area contributed by atoms with Gasteiger partial charge in [-0.15, -0.1) is 0 Å². The van der Waals surface area contributed by atoms with E-state index in [1.807, 2.05) is 0 Å². The highest BCUT2D eigenvalue weighted by molar-refractivity contribution is 5.95. The molecule has 0 bridgehead atoms. The van der Waals surface area contributed by atoms with Gasteiger partial charge in [0.25, 0.3) is 0 Å². The molecule has 0 saturated carbocycles. The van der Waals surface area contributed by atoms with Crippen LogP contribution in [0.2, 0.25) is 0 Å². The number of amides is 2. The molecule has 116 valence electrons. The Morgan fingerprint density at radius 2 is 1.95 bits per heavy atom. The Morgan fingerprint density at radius 1 is 1.29 bits per heavy atom. The van der Waals surface area contributed by atoms with Crippen molar-refractivity contribution in [3.05, 3.63) is 24.3 Å². The van der Waals surface area contributed by atoms with Gasteiger partial charge in [-0.2, -0.15) is 0 Å². The van der Waals surface area contributed by atoms with E-state index in [9.17, 15) is 9.59 Å². The second kappa shape index (κ2) is 6.97. The number of hydrogen-bond donors (Lipinski definition) is 1. The third-order valence-electron chi connectivity index (χ3n) is 2.60. The first kappa shape index (κ1) is 16.8. The summed E-state index contributed by atoms with van der Waals surface area (Å²) in [5, 5.41) is 2.43. The molecule has 6 nitrogen and oxygen atoms in total. The lowest BCUT2D eigenvalue weighted by Gasteiger charge is -2.21. The van der Waals surface area contributed by atoms with Gasteiger partial charge in [-0.05, 0) is 32.9 Å². The van der Waals surface area contributed by atoms with Crippen LogP contribution in [0.5, 0.6) is 5.75 Å². The molecule has 0 aromatic heterocycles. The Bertz CT molecular complexity index is 509. The summed E-state index contributed by atoms with van der Waals surface area (Å²) < 4.78 is 10.2. The number of nitrogens with zero attached hydrogens (tertiary/aromatic N) is 1. The van der Waals surface area contributed by atoms with Crippen molar-refractivity contribution in [2.24, 2.45) is 0 Å². The minimum Gasteiger partial charge on any atom is -0.497 e. The van der Waals surface area contributed by atoms with Gasteiger partial charge in [0.1, 0.15) is 17.9 Å². The number of anilines is 1. The number of hydrogen-bond acceptors (Lipinski definition) is 4. The average molecular weight is 294 g/mol. The number of carbonyl (C=O) groups is 2. The molecule has 0 radical (unpaired) electrons. The van der Waals surface area contributed by atoms with Crippen LogP contribution in [0.4, 0.5) is 10.5 Å². The van der Waals surface area contributed by atoms with E-state index in [1.54, 1.807) is 59.2 Å². The predicted molar refractivity (Wildman–Crippen MR) is 80.6 cm³/mol. The fourth-order valence-corrected chi connectivity index (χ4v) is 1.54. The summed E-state index contributed by atoms with van der Waals surface area (Å²) in [5.74, 6) is 0.404. The van der Waals surface area contributed by atoms with Gasteiger partial charge in [-0.3, -0.25) is 4.79 Å². The zero-order valence-corrected chi connectivity index (χ0v) is 13.1. The van der Waals surface area contributed by atoms with E-state index in [0.717, 1.165) is 0 Å². The third-order valence-corrected chi connectivity index (χ3v) is 2.60. The first-order chi connectivity index (χ1) is 9.73. The van der Waals surface area contributed by atoms with Crippen molar-refractivity contribution >= 4 is 17.7 Å². The van der Waals surface area contributed by atoms with Gasteiger partial charge < -0.3 is 19.7 Å². The number of nitrogens with one attached hydrogen (secondary N) is 1. The fourth-order valence-electron chi connectivity index (χ4n) is 1.54. The van der Waals surface area contributed by atoms with E-state index in [0.29, 0.717) is 11.4 Å². The third kappa shape index (κ3) is 5.72. The first-order valence-corrected chi connectivity index (χ1v) is 6.60. The Balaban J connectivity index is 2.57. The van der Waals surface area contributed by atoms with Crippen LogP contribution in [0.15, 0.2) is 24.3 Å². The molecule has 0 saturated heterocycles. The van der Waals surface area contributed by atoms with Crippen LogP contribution in [0, 0.1) is 0 Å². The van der Waals surface area contributed by atoms with E-state index < -0.39 is 11.7 Å². The average Bonchev–Trinajstić information content (AvgIpc) is 2.42.